The summed E-state index contributed by atoms with van der Waals surface area (Å²) < 4.78 is 4.78. The second-order valence-electron chi connectivity index (χ2n) is 4.65. The van der Waals surface area contributed by atoms with Gasteiger partial charge in [-0.15, -0.1) is 0 Å². The van der Waals surface area contributed by atoms with Crippen LogP contribution in [0.2, 0.25) is 0 Å². The first-order valence-electron chi connectivity index (χ1n) is 6.61. The zero-order chi connectivity index (χ0) is 14.3. The van der Waals surface area contributed by atoms with Crippen LogP contribution in [0.3, 0.4) is 0 Å². The molecule has 0 heterocycles. The highest BCUT2D eigenvalue weighted by atomic mass is 16.5. The number of hydrogen-bond donors (Lipinski definition) is 3. The van der Waals surface area contributed by atoms with Gasteiger partial charge in [-0.25, -0.2) is 4.79 Å². The number of aliphatic hydroxyl groups excluding tert-OH is 1. The summed E-state index contributed by atoms with van der Waals surface area (Å²) in [5.41, 5.74) is 0. The van der Waals surface area contributed by atoms with Gasteiger partial charge in [-0.1, -0.05) is 26.0 Å². The number of aliphatic hydroxyl groups is 1. The lowest BCUT2D eigenvalue weighted by molar-refractivity contribution is -0.130. The average molecular weight is 270 g/mol. The van der Waals surface area contributed by atoms with E-state index in [0.29, 0.717) is 6.42 Å². The van der Waals surface area contributed by atoms with E-state index in [2.05, 4.69) is 17.2 Å². The van der Waals surface area contributed by atoms with Gasteiger partial charge in [0, 0.05) is 6.04 Å². The molecule has 0 radical (unpaired) electrons. The van der Waals surface area contributed by atoms with Crippen molar-refractivity contribution in [3.05, 3.63) is 12.7 Å². The van der Waals surface area contributed by atoms with Gasteiger partial charge in [-0.2, -0.15) is 0 Å². The molecule has 0 saturated heterocycles. The second-order valence-corrected chi connectivity index (χ2v) is 4.65. The Morgan fingerprint density at radius 2 is 2.21 bits per heavy atom. The zero-order valence-electron chi connectivity index (χ0n) is 11.2. The lowest BCUT2D eigenvalue weighted by atomic mass is 10.1. The molecule has 1 aliphatic rings. The molecule has 1 saturated carbocycles. The number of carbonyl (C=O) groups excluding carboxylic acids is 2. The Labute approximate surface area is 113 Å². The molecule has 2 atom stereocenters. The largest absolute Gasteiger partial charge is 0.445 e. The topological polar surface area (TPSA) is 87.7 Å². The molecular weight excluding hydrogens is 248 g/mol. The number of amides is 2. The van der Waals surface area contributed by atoms with Crippen LogP contribution in [0, 0.1) is 0 Å². The number of carbonyl (C=O) groups is 2. The quantitative estimate of drug-likeness (QED) is 0.567. The minimum Gasteiger partial charge on any atom is -0.445 e. The molecule has 3 N–H and O–H groups in total. The molecule has 19 heavy (non-hydrogen) atoms. The molecule has 1 rings (SSSR count). The van der Waals surface area contributed by atoms with E-state index in [1.54, 1.807) is 0 Å². The molecule has 1 aliphatic carbocycles. The van der Waals surface area contributed by atoms with Crippen LogP contribution < -0.4 is 10.6 Å². The van der Waals surface area contributed by atoms with Crippen molar-refractivity contribution in [1.29, 1.82) is 0 Å². The van der Waals surface area contributed by atoms with Gasteiger partial charge in [0.25, 0.3) is 5.91 Å². The van der Waals surface area contributed by atoms with Gasteiger partial charge in [0.2, 0.25) is 0 Å². The third-order valence-corrected chi connectivity index (χ3v) is 2.81. The van der Waals surface area contributed by atoms with Gasteiger partial charge in [0.05, 0.1) is 6.04 Å². The van der Waals surface area contributed by atoms with E-state index >= 15 is 0 Å². The normalized spacial score (nSPS) is 17.2. The van der Waals surface area contributed by atoms with E-state index in [-0.39, 0.29) is 12.6 Å². The van der Waals surface area contributed by atoms with E-state index < -0.39 is 24.1 Å². The van der Waals surface area contributed by atoms with Gasteiger partial charge < -0.3 is 20.5 Å². The van der Waals surface area contributed by atoms with Gasteiger partial charge >= 0.3 is 6.09 Å². The summed E-state index contributed by atoms with van der Waals surface area (Å²) >= 11 is 0. The molecule has 0 aromatic rings. The first-order valence-corrected chi connectivity index (χ1v) is 6.61. The van der Waals surface area contributed by atoms with Crippen molar-refractivity contribution in [1.82, 2.24) is 10.6 Å². The summed E-state index contributed by atoms with van der Waals surface area (Å²) in [6, 6.07) is -0.460. The molecular formula is C13H22N2O4. The Hall–Kier alpha value is -1.56. The molecule has 0 aromatic heterocycles. The monoisotopic (exact) mass is 270 g/mol. The first-order chi connectivity index (χ1) is 9.08. The van der Waals surface area contributed by atoms with E-state index in [1.165, 1.54) is 6.08 Å². The highest BCUT2D eigenvalue weighted by molar-refractivity contribution is 5.82. The average Bonchev–Trinajstić information content (AvgIpc) is 3.18. The number of ether oxygens (including phenoxy) is 1. The molecule has 2 unspecified atom stereocenters. The number of alkyl carbamates (subject to hydrolysis) is 1. The summed E-state index contributed by atoms with van der Waals surface area (Å²) in [5, 5.41) is 15.2. The fraction of sp³-hybridized carbons (Fsp3) is 0.692. The minimum atomic E-state index is -1.25. The number of rotatable bonds is 8. The van der Waals surface area contributed by atoms with Crippen LogP contribution in [0.25, 0.3) is 0 Å². The van der Waals surface area contributed by atoms with E-state index in [9.17, 15) is 14.7 Å². The van der Waals surface area contributed by atoms with Crippen LogP contribution >= 0.6 is 0 Å². The Morgan fingerprint density at radius 1 is 1.53 bits per heavy atom. The van der Waals surface area contributed by atoms with Gasteiger partial charge in [0.15, 0.2) is 6.10 Å². The number of nitrogens with one attached hydrogen (secondary N) is 2. The van der Waals surface area contributed by atoms with Crippen molar-refractivity contribution in [3.8, 4) is 0 Å². The van der Waals surface area contributed by atoms with Crippen LogP contribution in [0.4, 0.5) is 4.79 Å². The van der Waals surface area contributed by atoms with Crippen LogP contribution in [-0.4, -0.2) is 41.9 Å². The Kier molecular flexibility index (Phi) is 6.35. The predicted molar refractivity (Wildman–Crippen MR) is 70.5 cm³/mol. The summed E-state index contributed by atoms with van der Waals surface area (Å²) in [6.45, 7) is 5.44. The molecule has 6 heteroatoms. The van der Waals surface area contributed by atoms with Crippen molar-refractivity contribution >= 4 is 12.0 Å². The standard InChI is InChI=1S/C13H22N2O4/c1-3-5-10(15-13(18)19-8-4-2)11(16)12(17)14-9-6-7-9/h4,9-11,16H,2-3,5-8H2,1H3,(H,14,17)(H,15,18). The summed E-state index contributed by atoms with van der Waals surface area (Å²) in [4.78, 5) is 23.2. The van der Waals surface area contributed by atoms with Gasteiger partial charge in [-0.05, 0) is 19.3 Å². The lowest BCUT2D eigenvalue weighted by Crippen LogP contribution is -2.51. The molecule has 0 aromatic carbocycles. The van der Waals surface area contributed by atoms with Crippen molar-refractivity contribution < 1.29 is 19.4 Å². The molecule has 1 fully saturated rings. The van der Waals surface area contributed by atoms with E-state index in [1.807, 2.05) is 6.92 Å². The van der Waals surface area contributed by atoms with Crippen LogP contribution in [0.15, 0.2) is 12.7 Å². The van der Waals surface area contributed by atoms with E-state index in [4.69, 9.17) is 4.74 Å². The van der Waals surface area contributed by atoms with Gasteiger partial charge in [-0.3, -0.25) is 4.79 Å². The van der Waals surface area contributed by atoms with Crippen LogP contribution in [0.1, 0.15) is 32.6 Å². The number of hydrogen-bond acceptors (Lipinski definition) is 4. The maximum atomic E-state index is 11.7. The van der Waals surface area contributed by atoms with Crippen molar-refractivity contribution in [2.45, 2.75) is 50.8 Å². The minimum absolute atomic E-state index is 0.0923. The smallest absolute Gasteiger partial charge is 0.407 e. The summed E-state index contributed by atoms with van der Waals surface area (Å²) in [7, 11) is 0. The zero-order valence-corrected chi connectivity index (χ0v) is 11.2. The fourth-order valence-corrected chi connectivity index (χ4v) is 1.64. The van der Waals surface area contributed by atoms with Crippen molar-refractivity contribution in [2.24, 2.45) is 0 Å². The molecule has 108 valence electrons. The first kappa shape index (κ1) is 15.5. The summed E-state index contributed by atoms with van der Waals surface area (Å²) in [6.07, 6.45) is 2.68. The molecule has 0 bridgehead atoms. The van der Waals surface area contributed by atoms with Crippen LogP contribution in [0.5, 0.6) is 0 Å². The third-order valence-electron chi connectivity index (χ3n) is 2.81. The van der Waals surface area contributed by atoms with Crippen LogP contribution in [-0.2, 0) is 9.53 Å². The maximum Gasteiger partial charge on any atom is 0.407 e. The van der Waals surface area contributed by atoms with Crippen molar-refractivity contribution in [3.63, 3.8) is 0 Å². The SMILES string of the molecule is C=CCOC(=O)NC(CCC)C(O)C(=O)NC1CC1. The fourth-order valence-electron chi connectivity index (χ4n) is 1.64. The van der Waals surface area contributed by atoms with Gasteiger partial charge in [0.1, 0.15) is 6.61 Å². The maximum absolute atomic E-state index is 11.7. The summed E-state index contributed by atoms with van der Waals surface area (Å²) in [5.74, 6) is -0.440. The highest BCUT2D eigenvalue weighted by Crippen LogP contribution is 2.19. The Morgan fingerprint density at radius 3 is 2.74 bits per heavy atom. The lowest BCUT2D eigenvalue weighted by Gasteiger charge is -2.22. The molecule has 0 spiro atoms. The molecule has 2 amide bonds. The molecule has 0 aliphatic heterocycles. The van der Waals surface area contributed by atoms with Crippen molar-refractivity contribution in [2.75, 3.05) is 6.61 Å². The second kappa shape index (κ2) is 7.78. The molecule has 6 nitrogen and oxygen atoms in total. The Balaban J connectivity index is 2.46. The Bertz CT molecular complexity index is 329. The highest BCUT2D eigenvalue weighted by Gasteiger charge is 2.31. The third kappa shape index (κ3) is 5.74. The predicted octanol–water partition coefficient (Wildman–Crippen LogP) is 0.707. The van der Waals surface area contributed by atoms with E-state index in [0.717, 1.165) is 19.3 Å².